The van der Waals surface area contributed by atoms with E-state index >= 15 is 0 Å². The number of nitrogens with one attached hydrogen (secondary N) is 1. The van der Waals surface area contributed by atoms with Gasteiger partial charge in [0.2, 0.25) is 0 Å². The van der Waals surface area contributed by atoms with Gasteiger partial charge >= 0.3 is 5.97 Å². The lowest BCUT2D eigenvalue weighted by molar-refractivity contribution is 0.0697. The topological polar surface area (TPSA) is 62.2 Å². The third-order valence-electron chi connectivity index (χ3n) is 2.63. The fourth-order valence-corrected chi connectivity index (χ4v) is 1.66. The van der Waals surface area contributed by atoms with Gasteiger partial charge in [-0.2, -0.15) is 0 Å². The number of halogens is 1. The summed E-state index contributed by atoms with van der Waals surface area (Å²) < 4.78 is 12.8. The van der Waals surface area contributed by atoms with Crippen LogP contribution in [0.25, 0.3) is 0 Å². The highest BCUT2D eigenvalue weighted by Gasteiger charge is 2.11. The van der Waals surface area contributed by atoms with Gasteiger partial charge in [-0.05, 0) is 36.2 Å². The van der Waals surface area contributed by atoms with E-state index in [1.807, 2.05) is 0 Å². The lowest BCUT2D eigenvalue weighted by Gasteiger charge is -2.09. The molecule has 5 heteroatoms. The minimum atomic E-state index is -1.03. The lowest BCUT2D eigenvalue weighted by atomic mass is 10.2. The number of nitrogens with zero attached hydrogens (tertiary/aromatic N) is 1. The molecule has 0 saturated heterocycles. The van der Waals surface area contributed by atoms with Crippen molar-refractivity contribution in [3.05, 3.63) is 59.0 Å². The van der Waals surface area contributed by atoms with Gasteiger partial charge in [0.1, 0.15) is 17.2 Å². The highest BCUT2D eigenvalue weighted by atomic mass is 19.1. The summed E-state index contributed by atoms with van der Waals surface area (Å²) in [5, 5.41) is 12.0. The normalized spacial score (nSPS) is 10.2. The van der Waals surface area contributed by atoms with Crippen molar-refractivity contribution in [2.75, 3.05) is 5.32 Å². The fraction of sp³-hybridized carbons (Fsp3) is 0.143. The van der Waals surface area contributed by atoms with Gasteiger partial charge in [0.05, 0.1) is 0 Å². The first-order chi connectivity index (χ1) is 9.06. The van der Waals surface area contributed by atoms with Crippen LogP contribution in [0.4, 0.5) is 10.2 Å². The summed E-state index contributed by atoms with van der Waals surface area (Å²) in [6.07, 6.45) is 1.60. The maximum atomic E-state index is 12.8. The number of aromatic carboxylic acids is 1. The molecule has 0 radical (unpaired) electrons. The molecule has 2 rings (SSSR count). The molecule has 4 nitrogen and oxygen atoms in total. The predicted octanol–water partition coefficient (Wildman–Crippen LogP) is 2.84. The van der Waals surface area contributed by atoms with Crippen LogP contribution in [0.2, 0.25) is 0 Å². The summed E-state index contributed by atoms with van der Waals surface area (Å²) in [6.45, 7) is 2.17. The Morgan fingerprint density at radius 1 is 1.37 bits per heavy atom. The Balaban J connectivity index is 2.15. The Bertz CT molecular complexity index is 597. The number of carboxylic acids is 1. The van der Waals surface area contributed by atoms with Gasteiger partial charge in [0.25, 0.3) is 0 Å². The van der Waals surface area contributed by atoms with E-state index in [4.69, 9.17) is 5.11 Å². The van der Waals surface area contributed by atoms with Gasteiger partial charge in [-0.15, -0.1) is 0 Å². The molecule has 0 amide bonds. The SMILES string of the molecule is Cc1cnc(NCc2ccc(F)cc2)c(C(=O)O)c1. The first kappa shape index (κ1) is 13.0. The van der Waals surface area contributed by atoms with Crippen LogP contribution < -0.4 is 5.32 Å². The highest BCUT2D eigenvalue weighted by Crippen LogP contribution is 2.15. The number of carbonyl (C=O) groups is 1. The average Bonchev–Trinajstić information content (AvgIpc) is 2.39. The van der Waals surface area contributed by atoms with Crippen LogP contribution in [0, 0.1) is 12.7 Å². The van der Waals surface area contributed by atoms with Crippen LogP contribution in [-0.2, 0) is 6.54 Å². The molecular weight excluding hydrogens is 247 g/mol. The third kappa shape index (κ3) is 3.28. The van der Waals surface area contributed by atoms with E-state index in [2.05, 4.69) is 10.3 Å². The van der Waals surface area contributed by atoms with Crippen molar-refractivity contribution in [2.45, 2.75) is 13.5 Å². The maximum absolute atomic E-state index is 12.8. The summed E-state index contributed by atoms with van der Waals surface area (Å²) in [6, 6.07) is 7.55. The highest BCUT2D eigenvalue weighted by molar-refractivity contribution is 5.93. The van der Waals surface area contributed by atoms with Crippen LogP contribution in [0.5, 0.6) is 0 Å². The monoisotopic (exact) mass is 260 g/mol. The van der Waals surface area contributed by atoms with E-state index in [9.17, 15) is 9.18 Å². The molecule has 1 aromatic carbocycles. The van der Waals surface area contributed by atoms with Crippen LogP contribution in [-0.4, -0.2) is 16.1 Å². The number of anilines is 1. The molecule has 1 heterocycles. The van der Waals surface area contributed by atoms with Crippen molar-refractivity contribution < 1.29 is 14.3 Å². The van der Waals surface area contributed by atoms with E-state index in [1.54, 1.807) is 31.3 Å². The van der Waals surface area contributed by atoms with Gasteiger partial charge in [-0.1, -0.05) is 12.1 Å². The fourth-order valence-electron chi connectivity index (χ4n) is 1.66. The van der Waals surface area contributed by atoms with Crippen molar-refractivity contribution in [3.8, 4) is 0 Å². The summed E-state index contributed by atoms with van der Waals surface area (Å²) in [4.78, 5) is 15.2. The van der Waals surface area contributed by atoms with Gasteiger partial charge in [0.15, 0.2) is 0 Å². The molecule has 0 aliphatic heterocycles. The van der Waals surface area contributed by atoms with Crippen LogP contribution in [0.3, 0.4) is 0 Å². The Hall–Kier alpha value is -2.43. The lowest BCUT2D eigenvalue weighted by Crippen LogP contribution is -2.08. The van der Waals surface area contributed by atoms with Gasteiger partial charge in [0, 0.05) is 12.7 Å². The van der Waals surface area contributed by atoms with E-state index < -0.39 is 5.97 Å². The summed E-state index contributed by atoms with van der Waals surface area (Å²) in [5.41, 5.74) is 1.76. The molecular formula is C14H13FN2O2. The molecule has 0 aliphatic carbocycles. The minimum absolute atomic E-state index is 0.127. The van der Waals surface area contributed by atoms with E-state index in [0.717, 1.165) is 11.1 Å². The second-order valence-electron chi connectivity index (χ2n) is 4.19. The molecule has 0 spiro atoms. The molecule has 0 unspecified atom stereocenters. The molecule has 2 N–H and O–H groups in total. The first-order valence-electron chi connectivity index (χ1n) is 5.74. The van der Waals surface area contributed by atoms with E-state index in [-0.39, 0.29) is 11.4 Å². The summed E-state index contributed by atoms with van der Waals surface area (Å²) in [7, 11) is 0. The molecule has 0 bridgehead atoms. The van der Waals surface area contributed by atoms with Crippen LogP contribution in [0.1, 0.15) is 21.5 Å². The second-order valence-corrected chi connectivity index (χ2v) is 4.19. The van der Waals surface area contributed by atoms with Crippen molar-refractivity contribution in [1.82, 2.24) is 4.98 Å². The molecule has 1 aromatic heterocycles. The van der Waals surface area contributed by atoms with Gasteiger partial charge in [-0.25, -0.2) is 14.2 Å². The zero-order valence-electron chi connectivity index (χ0n) is 10.4. The van der Waals surface area contributed by atoms with Gasteiger partial charge in [-0.3, -0.25) is 0 Å². The van der Waals surface area contributed by atoms with Crippen molar-refractivity contribution >= 4 is 11.8 Å². The zero-order valence-corrected chi connectivity index (χ0v) is 10.4. The van der Waals surface area contributed by atoms with Crippen LogP contribution >= 0.6 is 0 Å². The third-order valence-corrected chi connectivity index (χ3v) is 2.63. The molecule has 0 atom stereocenters. The predicted molar refractivity (Wildman–Crippen MR) is 69.7 cm³/mol. The maximum Gasteiger partial charge on any atom is 0.339 e. The second kappa shape index (κ2) is 5.48. The summed E-state index contributed by atoms with van der Waals surface area (Å²) >= 11 is 0. The number of benzene rings is 1. The number of pyridine rings is 1. The minimum Gasteiger partial charge on any atom is -0.478 e. The smallest absolute Gasteiger partial charge is 0.339 e. The molecule has 19 heavy (non-hydrogen) atoms. The number of carboxylic acid groups (broad SMARTS) is 1. The number of aryl methyl sites for hydroxylation is 1. The number of rotatable bonds is 4. The van der Waals surface area contributed by atoms with Crippen molar-refractivity contribution in [3.63, 3.8) is 0 Å². The number of aromatic nitrogens is 1. The Morgan fingerprint density at radius 2 is 2.05 bits per heavy atom. The molecule has 0 saturated carbocycles. The Morgan fingerprint density at radius 3 is 2.68 bits per heavy atom. The molecule has 2 aromatic rings. The van der Waals surface area contributed by atoms with Crippen molar-refractivity contribution in [2.24, 2.45) is 0 Å². The number of hydrogen-bond acceptors (Lipinski definition) is 3. The first-order valence-corrected chi connectivity index (χ1v) is 5.74. The number of hydrogen-bond donors (Lipinski definition) is 2. The standard InChI is InChI=1S/C14H13FN2O2/c1-9-6-12(14(18)19)13(16-7-9)17-8-10-2-4-11(15)5-3-10/h2-7H,8H2,1H3,(H,16,17)(H,18,19). The molecule has 0 aliphatic rings. The summed E-state index contributed by atoms with van der Waals surface area (Å²) in [5.74, 6) is -1.02. The zero-order chi connectivity index (χ0) is 13.8. The Kier molecular flexibility index (Phi) is 3.75. The van der Waals surface area contributed by atoms with Crippen molar-refractivity contribution in [1.29, 1.82) is 0 Å². The molecule has 98 valence electrons. The van der Waals surface area contributed by atoms with E-state index in [1.165, 1.54) is 12.1 Å². The largest absolute Gasteiger partial charge is 0.478 e. The quantitative estimate of drug-likeness (QED) is 0.887. The average molecular weight is 260 g/mol. The molecule has 0 fully saturated rings. The van der Waals surface area contributed by atoms with Gasteiger partial charge < -0.3 is 10.4 Å². The van der Waals surface area contributed by atoms with Crippen LogP contribution in [0.15, 0.2) is 36.5 Å². The Labute approximate surface area is 109 Å². The van der Waals surface area contributed by atoms with E-state index in [0.29, 0.717) is 12.4 Å².